The van der Waals surface area contributed by atoms with Gasteiger partial charge in [0.05, 0.1) is 0 Å². The summed E-state index contributed by atoms with van der Waals surface area (Å²) in [4.78, 5) is 3.95. The maximum Gasteiger partial charge on any atom is 0.123 e. The third kappa shape index (κ3) is 2.44. The molecule has 0 unspecified atom stereocenters. The molecule has 3 heteroatoms. The van der Waals surface area contributed by atoms with E-state index in [9.17, 15) is 4.39 Å². The molecule has 2 nitrogen and oxygen atoms in total. The fourth-order valence-electron chi connectivity index (χ4n) is 1.90. The first kappa shape index (κ1) is 11.6. The van der Waals surface area contributed by atoms with Gasteiger partial charge in [0.15, 0.2) is 0 Å². The number of halogens is 1. The van der Waals surface area contributed by atoms with E-state index in [0.717, 1.165) is 16.7 Å². The minimum Gasteiger partial charge on any atom is -0.384 e. The molecule has 0 atom stereocenters. The Balaban J connectivity index is 2.61. The monoisotopic (exact) mass is 230 g/mol. The number of hydrogen-bond acceptors (Lipinski definition) is 2. The highest BCUT2D eigenvalue weighted by Crippen LogP contribution is 2.30. The van der Waals surface area contributed by atoms with Crippen LogP contribution < -0.4 is 5.73 Å². The molecule has 0 aliphatic heterocycles. The molecular weight excluding hydrogens is 215 g/mol. The van der Waals surface area contributed by atoms with Crippen LogP contribution in [0.1, 0.15) is 25.3 Å². The predicted molar refractivity (Wildman–Crippen MR) is 68.1 cm³/mol. The van der Waals surface area contributed by atoms with Crippen LogP contribution in [0.15, 0.2) is 36.5 Å². The Labute approximate surface area is 100 Å². The molecule has 1 aromatic heterocycles. The van der Waals surface area contributed by atoms with E-state index in [1.807, 2.05) is 12.1 Å². The van der Waals surface area contributed by atoms with Crippen molar-refractivity contribution in [2.75, 3.05) is 5.73 Å². The van der Waals surface area contributed by atoms with Crippen molar-refractivity contribution < 1.29 is 4.39 Å². The molecule has 0 amide bonds. The minimum atomic E-state index is -0.236. The standard InChI is InChI=1S/C14H15FN2/c1-9(2)12-4-3-11(15)8-13(12)10-5-6-17-14(16)7-10/h3-9H,1-2H3,(H2,16,17). The number of anilines is 1. The second-order valence-corrected chi connectivity index (χ2v) is 4.36. The number of pyridine rings is 1. The van der Waals surface area contributed by atoms with E-state index in [1.54, 1.807) is 18.3 Å². The third-order valence-corrected chi connectivity index (χ3v) is 2.73. The van der Waals surface area contributed by atoms with E-state index in [1.165, 1.54) is 6.07 Å². The maximum absolute atomic E-state index is 13.3. The Morgan fingerprint density at radius 3 is 2.59 bits per heavy atom. The lowest BCUT2D eigenvalue weighted by molar-refractivity contribution is 0.627. The molecule has 1 heterocycles. The highest BCUT2D eigenvalue weighted by molar-refractivity contribution is 5.69. The van der Waals surface area contributed by atoms with Crippen LogP contribution in [0.3, 0.4) is 0 Å². The molecule has 0 fully saturated rings. The quantitative estimate of drug-likeness (QED) is 0.856. The first-order valence-electron chi connectivity index (χ1n) is 5.59. The maximum atomic E-state index is 13.3. The SMILES string of the molecule is CC(C)c1ccc(F)cc1-c1ccnc(N)c1. The van der Waals surface area contributed by atoms with Crippen LogP contribution in [0.25, 0.3) is 11.1 Å². The highest BCUT2D eigenvalue weighted by Gasteiger charge is 2.10. The Kier molecular flexibility index (Phi) is 3.09. The lowest BCUT2D eigenvalue weighted by atomic mass is 9.93. The highest BCUT2D eigenvalue weighted by atomic mass is 19.1. The van der Waals surface area contributed by atoms with Crippen LogP contribution in [0.5, 0.6) is 0 Å². The largest absolute Gasteiger partial charge is 0.384 e. The fraction of sp³-hybridized carbons (Fsp3) is 0.214. The molecule has 1 aromatic carbocycles. The Bertz CT molecular complexity index is 535. The molecule has 17 heavy (non-hydrogen) atoms. The average molecular weight is 230 g/mol. The molecule has 88 valence electrons. The summed E-state index contributed by atoms with van der Waals surface area (Å²) in [7, 11) is 0. The number of nitrogen functional groups attached to an aromatic ring is 1. The minimum absolute atomic E-state index is 0.236. The van der Waals surface area contributed by atoms with Gasteiger partial charge in [-0.3, -0.25) is 0 Å². The number of benzene rings is 1. The van der Waals surface area contributed by atoms with Crippen LogP contribution in [-0.2, 0) is 0 Å². The third-order valence-electron chi connectivity index (χ3n) is 2.73. The summed E-state index contributed by atoms with van der Waals surface area (Å²) >= 11 is 0. The van der Waals surface area contributed by atoms with Crippen molar-refractivity contribution in [1.82, 2.24) is 4.98 Å². The van der Waals surface area contributed by atoms with Gasteiger partial charge in [-0.05, 0) is 46.9 Å². The van der Waals surface area contributed by atoms with Gasteiger partial charge in [0.25, 0.3) is 0 Å². The van der Waals surface area contributed by atoms with Gasteiger partial charge in [0.2, 0.25) is 0 Å². The van der Waals surface area contributed by atoms with Gasteiger partial charge in [-0.25, -0.2) is 9.37 Å². The summed E-state index contributed by atoms with van der Waals surface area (Å²) in [6.07, 6.45) is 1.64. The van der Waals surface area contributed by atoms with Crippen molar-refractivity contribution in [2.24, 2.45) is 0 Å². The van der Waals surface area contributed by atoms with Gasteiger partial charge in [-0.15, -0.1) is 0 Å². The van der Waals surface area contributed by atoms with Gasteiger partial charge in [0, 0.05) is 6.20 Å². The molecule has 0 aliphatic carbocycles. The van der Waals surface area contributed by atoms with Gasteiger partial charge in [0.1, 0.15) is 11.6 Å². The zero-order valence-corrected chi connectivity index (χ0v) is 9.94. The fourth-order valence-corrected chi connectivity index (χ4v) is 1.90. The Morgan fingerprint density at radius 1 is 1.18 bits per heavy atom. The summed E-state index contributed by atoms with van der Waals surface area (Å²) < 4.78 is 13.3. The van der Waals surface area contributed by atoms with Crippen molar-refractivity contribution in [3.05, 3.63) is 47.9 Å². The number of rotatable bonds is 2. The van der Waals surface area contributed by atoms with Gasteiger partial charge >= 0.3 is 0 Å². The van der Waals surface area contributed by atoms with Crippen LogP contribution in [0, 0.1) is 5.82 Å². The molecule has 2 aromatic rings. The zero-order valence-electron chi connectivity index (χ0n) is 9.94. The first-order valence-corrected chi connectivity index (χ1v) is 5.59. The second-order valence-electron chi connectivity index (χ2n) is 4.36. The van der Waals surface area contributed by atoms with Crippen molar-refractivity contribution in [2.45, 2.75) is 19.8 Å². The van der Waals surface area contributed by atoms with E-state index in [2.05, 4.69) is 18.8 Å². The van der Waals surface area contributed by atoms with Crippen molar-refractivity contribution in [1.29, 1.82) is 0 Å². The summed E-state index contributed by atoms with van der Waals surface area (Å²) in [5, 5.41) is 0. The molecule has 0 radical (unpaired) electrons. The van der Waals surface area contributed by atoms with Crippen molar-refractivity contribution in [3.63, 3.8) is 0 Å². The summed E-state index contributed by atoms with van der Waals surface area (Å²) in [5.74, 6) is 0.543. The van der Waals surface area contributed by atoms with Crippen LogP contribution >= 0.6 is 0 Å². The van der Waals surface area contributed by atoms with Crippen molar-refractivity contribution >= 4 is 5.82 Å². The number of aromatic nitrogens is 1. The zero-order chi connectivity index (χ0) is 12.4. The normalized spacial score (nSPS) is 10.8. The molecule has 0 saturated carbocycles. The summed E-state index contributed by atoms with van der Waals surface area (Å²) in [6, 6.07) is 8.47. The molecule has 2 rings (SSSR count). The van der Waals surface area contributed by atoms with E-state index in [4.69, 9.17) is 5.73 Å². The second kappa shape index (κ2) is 4.53. The molecule has 0 aliphatic rings. The number of nitrogens with two attached hydrogens (primary N) is 1. The molecule has 2 N–H and O–H groups in total. The van der Waals surface area contributed by atoms with E-state index >= 15 is 0 Å². The van der Waals surface area contributed by atoms with Crippen molar-refractivity contribution in [3.8, 4) is 11.1 Å². The molecule has 0 bridgehead atoms. The van der Waals surface area contributed by atoms with Crippen LogP contribution in [0.4, 0.5) is 10.2 Å². The van der Waals surface area contributed by atoms with Gasteiger partial charge in [-0.2, -0.15) is 0 Å². The molecule has 0 saturated heterocycles. The number of nitrogens with zero attached hydrogens (tertiary/aromatic N) is 1. The topological polar surface area (TPSA) is 38.9 Å². The van der Waals surface area contributed by atoms with E-state index < -0.39 is 0 Å². The average Bonchev–Trinajstić information content (AvgIpc) is 2.28. The lowest BCUT2D eigenvalue weighted by Crippen LogP contribution is -1.95. The molecular formula is C14H15FN2. The van der Waals surface area contributed by atoms with Crippen LogP contribution in [0.2, 0.25) is 0 Å². The summed E-state index contributed by atoms with van der Waals surface area (Å²) in [6.45, 7) is 4.17. The lowest BCUT2D eigenvalue weighted by Gasteiger charge is -2.13. The van der Waals surface area contributed by atoms with E-state index in [-0.39, 0.29) is 5.82 Å². The Hall–Kier alpha value is -1.90. The molecule has 0 spiro atoms. The smallest absolute Gasteiger partial charge is 0.123 e. The predicted octanol–water partition coefficient (Wildman–Crippen LogP) is 3.59. The van der Waals surface area contributed by atoms with E-state index in [0.29, 0.717) is 11.7 Å². The van der Waals surface area contributed by atoms with Gasteiger partial charge < -0.3 is 5.73 Å². The van der Waals surface area contributed by atoms with Crippen LogP contribution in [-0.4, -0.2) is 4.98 Å². The summed E-state index contributed by atoms with van der Waals surface area (Å²) in [5.41, 5.74) is 8.55. The first-order chi connectivity index (χ1) is 8.08. The number of hydrogen-bond donors (Lipinski definition) is 1. The Morgan fingerprint density at radius 2 is 1.94 bits per heavy atom. The van der Waals surface area contributed by atoms with Gasteiger partial charge in [-0.1, -0.05) is 19.9 Å².